The lowest BCUT2D eigenvalue weighted by Gasteiger charge is -2.16. The highest BCUT2D eigenvalue weighted by molar-refractivity contribution is 7.90. The molecule has 2 amide bonds. The number of benzene rings is 2. The Bertz CT molecular complexity index is 2150. The number of nitrogens with two attached hydrogens (primary N) is 1. The monoisotopic (exact) mass is 720 g/mol. The molecule has 0 saturated carbocycles. The summed E-state index contributed by atoms with van der Waals surface area (Å²) in [6.45, 7) is 0. The fourth-order valence-corrected chi connectivity index (χ4v) is 8.67. The van der Waals surface area contributed by atoms with E-state index in [2.05, 4.69) is 32.1 Å². The van der Waals surface area contributed by atoms with Crippen molar-refractivity contribution in [1.82, 2.24) is 23.8 Å². The van der Waals surface area contributed by atoms with Crippen LogP contribution in [0.5, 0.6) is 5.75 Å². The number of hydrogen-bond donors (Lipinski definition) is 3. The Morgan fingerprint density at radius 1 is 0.760 bits per heavy atom. The Morgan fingerprint density at radius 2 is 1.20 bits per heavy atom. The second-order valence-electron chi connectivity index (χ2n) is 13.0. The molecule has 2 heterocycles. The first-order chi connectivity index (χ1) is 23.8. The van der Waals surface area contributed by atoms with Crippen LogP contribution in [0.15, 0.2) is 47.2 Å². The minimum Gasteiger partial charge on any atom is -0.387 e. The van der Waals surface area contributed by atoms with Crippen LogP contribution < -0.4 is 19.9 Å². The van der Waals surface area contributed by atoms with Gasteiger partial charge in [-0.25, -0.2) is 33.0 Å². The summed E-state index contributed by atoms with van der Waals surface area (Å²) < 4.78 is 55.9. The molecule has 4 aliphatic rings. The molecule has 0 unspecified atom stereocenters. The maximum Gasteiger partial charge on any atom is 0.333 e. The van der Waals surface area contributed by atoms with Crippen molar-refractivity contribution in [1.29, 1.82) is 5.26 Å². The highest BCUT2D eigenvalue weighted by atomic mass is 32.2. The van der Waals surface area contributed by atoms with Gasteiger partial charge in [0, 0.05) is 32.2 Å². The number of aryl methyl sites for hydroxylation is 6. The Kier molecular flexibility index (Phi) is 10.0. The molecular formula is C34H40N8O6S2. The van der Waals surface area contributed by atoms with E-state index in [1.165, 1.54) is 80.4 Å². The summed E-state index contributed by atoms with van der Waals surface area (Å²) in [5.74, 6) is 0.903. The first kappa shape index (κ1) is 35.1. The summed E-state index contributed by atoms with van der Waals surface area (Å²) in [7, 11) is -4.26. The summed E-state index contributed by atoms with van der Waals surface area (Å²) in [5, 5.41) is 16.0. The first-order valence-electron chi connectivity index (χ1n) is 16.6. The molecule has 50 heavy (non-hydrogen) atoms. The van der Waals surface area contributed by atoms with Gasteiger partial charge in [0.1, 0.15) is 5.75 Å². The molecule has 0 saturated heterocycles. The number of imidazole rings is 2. The number of hydrogen-bond acceptors (Lipinski definition) is 9. The van der Waals surface area contributed by atoms with Gasteiger partial charge in [-0.1, -0.05) is 12.1 Å². The summed E-state index contributed by atoms with van der Waals surface area (Å²) in [6.07, 6.45) is 20.2. The lowest BCUT2D eigenvalue weighted by atomic mass is 9.99. The SMILES string of the molecule is Cn1cnc(S(=O)(=O)NC(=O)Nc2c3c(cc4c2CCC4)CCC3)c1.Cn1cnc(S(N)(=O)=O)c1.N#COc1c2c(cc3c1CCC3)CCC2. The standard InChI is InChI=1S/C17H20N4O3S.C13H13NO.C4H7N3O2S/c1-21-9-15(18-10-21)25(23,24)20-17(22)19-16-13-6-2-4-11(13)8-12-5-3-7-14(12)16;14-8-15-13-11-5-1-3-9(11)7-10-4-2-6-12(10)13;1-7-2-4(6-3-7)10(5,8)9/h8-10H,2-7H2,1H3,(H2,19,20,22);7H,1-6H2;2-3H,1H3,(H2,5,8,9). The smallest absolute Gasteiger partial charge is 0.333 e. The van der Waals surface area contributed by atoms with E-state index in [0.717, 1.165) is 86.8 Å². The van der Waals surface area contributed by atoms with Crippen molar-refractivity contribution in [2.24, 2.45) is 19.2 Å². The van der Waals surface area contributed by atoms with Gasteiger partial charge in [0.05, 0.1) is 12.7 Å². The van der Waals surface area contributed by atoms with Crippen LogP contribution in [0.2, 0.25) is 0 Å². The zero-order valence-electron chi connectivity index (χ0n) is 28.0. The Morgan fingerprint density at radius 3 is 1.60 bits per heavy atom. The second-order valence-corrected chi connectivity index (χ2v) is 16.1. The second kappa shape index (κ2) is 14.3. The largest absolute Gasteiger partial charge is 0.387 e. The van der Waals surface area contributed by atoms with Crippen molar-refractivity contribution in [3.8, 4) is 12.0 Å². The Balaban J connectivity index is 0.000000146. The van der Waals surface area contributed by atoms with Crippen LogP contribution in [0.3, 0.4) is 0 Å². The van der Waals surface area contributed by atoms with Gasteiger partial charge in [-0.05, 0) is 122 Å². The van der Waals surface area contributed by atoms with E-state index < -0.39 is 26.1 Å². The van der Waals surface area contributed by atoms with Gasteiger partial charge in [0.15, 0.2) is 10.1 Å². The number of nitriles is 1. The van der Waals surface area contributed by atoms with Gasteiger partial charge in [-0.15, -0.1) is 5.26 Å². The van der Waals surface area contributed by atoms with E-state index in [1.807, 2.05) is 6.26 Å². The van der Waals surface area contributed by atoms with Crippen molar-refractivity contribution < 1.29 is 26.4 Å². The van der Waals surface area contributed by atoms with E-state index in [-0.39, 0.29) is 10.1 Å². The molecule has 4 aliphatic carbocycles. The number of carbonyl (C=O) groups excluding carboxylic acids is 1. The molecule has 0 bridgehead atoms. The number of carbonyl (C=O) groups is 1. The van der Waals surface area contributed by atoms with E-state index in [1.54, 1.807) is 14.1 Å². The third kappa shape index (κ3) is 7.54. The maximum atomic E-state index is 12.4. The predicted octanol–water partition coefficient (Wildman–Crippen LogP) is 3.50. The van der Waals surface area contributed by atoms with Gasteiger partial charge < -0.3 is 19.2 Å². The first-order valence-corrected chi connectivity index (χ1v) is 19.6. The number of ether oxygens (including phenoxy) is 1. The fraction of sp³-hybridized carbons (Fsp3) is 0.412. The van der Waals surface area contributed by atoms with Crippen molar-refractivity contribution in [2.45, 2.75) is 87.1 Å². The van der Waals surface area contributed by atoms with Crippen LogP contribution in [0, 0.1) is 11.5 Å². The number of urea groups is 1. The summed E-state index contributed by atoms with van der Waals surface area (Å²) in [6, 6.07) is 3.87. The quantitative estimate of drug-likeness (QED) is 0.258. The molecule has 0 fully saturated rings. The van der Waals surface area contributed by atoms with Crippen molar-refractivity contribution in [3.63, 3.8) is 0 Å². The maximum absolute atomic E-state index is 12.4. The Labute approximate surface area is 291 Å². The summed E-state index contributed by atoms with van der Waals surface area (Å²) in [4.78, 5) is 19.7. The predicted molar refractivity (Wildman–Crippen MR) is 184 cm³/mol. The van der Waals surface area contributed by atoms with E-state index in [0.29, 0.717) is 0 Å². The van der Waals surface area contributed by atoms with Gasteiger partial charge in [0.25, 0.3) is 26.3 Å². The Hall–Kier alpha value is -4.72. The molecule has 0 radical (unpaired) electrons. The molecule has 0 aliphatic heterocycles. The number of aromatic nitrogens is 4. The third-order valence-electron chi connectivity index (χ3n) is 9.43. The van der Waals surface area contributed by atoms with Crippen molar-refractivity contribution >= 4 is 31.8 Å². The molecule has 0 atom stereocenters. The van der Waals surface area contributed by atoms with Gasteiger partial charge in [-0.2, -0.15) is 8.42 Å². The number of rotatable bonds is 5. The molecule has 0 spiro atoms. The fourth-order valence-electron chi connectivity index (χ4n) is 7.28. The van der Waals surface area contributed by atoms with Crippen LogP contribution in [0.25, 0.3) is 0 Å². The average molecular weight is 721 g/mol. The molecule has 2 aromatic carbocycles. The van der Waals surface area contributed by atoms with Crippen molar-refractivity contribution in [3.05, 3.63) is 81.7 Å². The molecule has 2 aromatic heterocycles. The molecular weight excluding hydrogens is 681 g/mol. The minimum atomic E-state index is -3.98. The highest BCUT2D eigenvalue weighted by Crippen LogP contribution is 2.40. The molecule has 16 heteroatoms. The molecule has 4 N–H and O–H groups in total. The number of nitrogens with zero attached hydrogens (tertiary/aromatic N) is 5. The number of primary sulfonamides is 1. The number of sulfonamides is 2. The molecule has 14 nitrogen and oxygen atoms in total. The van der Waals surface area contributed by atoms with Gasteiger partial charge >= 0.3 is 6.03 Å². The highest BCUT2D eigenvalue weighted by Gasteiger charge is 2.27. The summed E-state index contributed by atoms with van der Waals surface area (Å²) in [5.41, 5.74) is 11.1. The van der Waals surface area contributed by atoms with Crippen molar-refractivity contribution in [2.75, 3.05) is 5.32 Å². The minimum absolute atomic E-state index is 0.102. The zero-order chi connectivity index (χ0) is 35.6. The lowest BCUT2D eigenvalue weighted by Crippen LogP contribution is -2.35. The van der Waals surface area contributed by atoms with E-state index >= 15 is 0 Å². The van der Waals surface area contributed by atoms with E-state index in [9.17, 15) is 21.6 Å². The third-order valence-corrected chi connectivity index (χ3v) is 11.4. The normalized spacial score (nSPS) is 15.3. The number of fused-ring (bicyclic) bond motifs is 4. The van der Waals surface area contributed by atoms with E-state index in [4.69, 9.17) is 15.1 Å². The average Bonchev–Trinajstić information content (AvgIpc) is 3.88. The number of amides is 2. The number of anilines is 1. The van der Waals surface area contributed by atoms with Crippen LogP contribution in [-0.2, 0) is 85.5 Å². The summed E-state index contributed by atoms with van der Waals surface area (Å²) >= 11 is 0. The zero-order valence-corrected chi connectivity index (χ0v) is 29.7. The van der Waals surface area contributed by atoms with Gasteiger partial charge in [0.2, 0.25) is 0 Å². The molecule has 264 valence electrons. The molecule has 4 aromatic rings. The van der Waals surface area contributed by atoms with Crippen LogP contribution >= 0.6 is 0 Å². The van der Waals surface area contributed by atoms with Crippen LogP contribution in [0.1, 0.15) is 70.2 Å². The van der Waals surface area contributed by atoms with Crippen LogP contribution in [-0.4, -0.2) is 42.0 Å². The lowest BCUT2D eigenvalue weighted by molar-refractivity contribution is 0.256. The number of nitrogens with one attached hydrogen (secondary N) is 2. The van der Waals surface area contributed by atoms with Gasteiger partial charge in [-0.3, -0.25) is 0 Å². The topological polar surface area (TPSA) is 204 Å². The molecule has 8 rings (SSSR count). The van der Waals surface area contributed by atoms with Crippen LogP contribution in [0.4, 0.5) is 10.5 Å².